The predicted octanol–water partition coefficient (Wildman–Crippen LogP) is 4.29. The Balaban J connectivity index is 2.09. The maximum atomic E-state index is 5.95. The number of rotatable bonds is 3. The summed E-state index contributed by atoms with van der Waals surface area (Å²) in [5.74, 6) is 0.837. The van der Waals surface area contributed by atoms with Gasteiger partial charge < -0.3 is 5.73 Å². The lowest BCUT2D eigenvalue weighted by atomic mass is 10.3. The SMILES string of the molecule is Cc1nc(CSc2cc(Cl)ccc2N)sc1C. The van der Waals surface area contributed by atoms with Crippen LogP contribution in [0.15, 0.2) is 23.1 Å². The van der Waals surface area contributed by atoms with Crippen molar-refractivity contribution in [3.05, 3.63) is 38.8 Å². The van der Waals surface area contributed by atoms with Gasteiger partial charge in [0, 0.05) is 20.5 Å². The van der Waals surface area contributed by atoms with Crippen LogP contribution in [0.2, 0.25) is 5.02 Å². The number of nitrogens with zero attached hydrogens (tertiary/aromatic N) is 1. The fourth-order valence-electron chi connectivity index (χ4n) is 1.37. The smallest absolute Gasteiger partial charge is 0.103 e. The topological polar surface area (TPSA) is 38.9 Å². The van der Waals surface area contributed by atoms with Gasteiger partial charge in [0.2, 0.25) is 0 Å². The number of thiazole rings is 1. The van der Waals surface area contributed by atoms with E-state index in [-0.39, 0.29) is 0 Å². The molecule has 0 fully saturated rings. The summed E-state index contributed by atoms with van der Waals surface area (Å²) < 4.78 is 0. The highest BCUT2D eigenvalue weighted by molar-refractivity contribution is 7.98. The Morgan fingerprint density at radius 2 is 2.18 bits per heavy atom. The fraction of sp³-hybridized carbons (Fsp3) is 0.250. The molecule has 0 atom stereocenters. The normalized spacial score (nSPS) is 10.8. The largest absolute Gasteiger partial charge is 0.398 e. The number of hydrogen-bond acceptors (Lipinski definition) is 4. The van der Waals surface area contributed by atoms with Gasteiger partial charge in [-0.3, -0.25) is 0 Å². The van der Waals surface area contributed by atoms with E-state index in [0.29, 0.717) is 5.02 Å². The Morgan fingerprint density at radius 1 is 1.41 bits per heavy atom. The number of benzene rings is 1. The van der Waals surface area contributed by atoms with Crippen LogP contribution in [0.25, 0.3) is 0 Å². The van der Waals surface area contributed by atoms with Gasteiger partial charge >= 0.3 is 0 Å². The molecule has 0 saturated heterocycles. The second-order valence-electron chi connectivity index (χ2n) is 3.72. The molecule has 0 unspecified atom stereocenters. The summed E-state index contributed by atoms with van der Waals surface area (Å²) >= 11 is 9.36. The number of halogens is 1. The third kappa shape index (κ3) is 3.15. The molecule has 1 aromatic heterocycles. The Bertz CT molecular complexity index is 518. The molecule has 0 aliphatic rings. The number of aryl methyl sites for hydroxylation is 2. The summed E-state index contributed by atoms with van der Waals surface area (Å²) in [6.07, 6.45) is 0. The number of nitrogen functional groups attached to an aromatic ring is 1. The molecular weight excluding hydrogens is 272 g/mol. The summed E-state index contributed by atoms with van der Waals surface area (Å²) in [5, 5.41) is 1.84. The van der Waals surface area contributed by atoms with Gasteiger partial charge in [-0.2, -0.15) is 0 Å². The number of thioether (sulfide) groups is 1. The second kappa shape index (κ2) is 5.29. The summed E-state index contributed by atoms with van der Waals surface area (Å²) in [6.45, 7) is 4.13. The van der Waals surface area contributed by atoms with Crippen LogP contribution in [0, 0.1) is 13.8 Å². The molecule has 0 saturated carbocycles. The molecule has 2 rings (SSSR count). The minimum atomic E-state index is 0.716. The first-order chi connectivity index (χ1) is 8.06. The molecule has 0 radical (unpaired) electrons. The molecule has 0 bridgehead atoms. The van der Waals surface area contributed by atoms with Crippen LogP contribution in [0.4, 0.5) is 5.69 Å². The van der Waals surface area contributed by atoms with E-state index in [9.17, 15) is 0 Å². The van der Waals surface area contributed by atoms with E-state index in [4.69, 9.17) is 17.3 Å². The molecule has 0 aliphatic heterocycles. The van der Waals surface area contributed by atoms with Crippen LogP contribution in [0.1, 0.15) is 15.6 Å². The van der Waals surface area contributed by atoms with Crippen LogP contribution in [-0.4, -0.2) is 4.98 Å². The molecule has 2 N–H and O–H groups in total. The maximum Gasteiger partial charge on any atom is 0.103 e. The van der Waals surface area contributed by atoms with Crippen LogP contribution >= 0.6 is 34.7 Å². The van der Waals surface area contributed by atoms with E-state index < -0.39 is 0 Å². The molecule has 2 aromatic rings. The highest BCUT2D eigenvalue weighted by atomic mass is 35.5. The molecule has 1 aromatic carbocycles. The fourth-order valence-corrected chi connectivity index (χ4v) is 3.54. The monoisotopic (exact) mass is 284 g/mol. The van der Waals surface area contributed by atoms with Gasteiger partial charge in [-0.25, -0.2) is 4.98 Å². The third-order valence-corrected chi connectivity index (χ3v) is 4.97. The highest BCUT2D eigenvalue weighted by Gasteiger charge is 2.06. The molecule has 5 heteroatoms. The first kappa shape index (κ1) is 12.7. The standard InChI is InChI=1S/C12H13ClN2S2/c1-7-8(2)17-12(15-7)6-16-11-5-9(13)3-4-10(11)14/h3-5H,6,14H2,1-2H3. The zero-order valence-electron chi connectivity index (χ0n) is 9.66. The number of anilines is 1. The first-order valence-corrected chi connectivity index (χ1v) is 7.35. The first-order valence-electron chi connectivity index (χ1n) is 5.17. The molecular formula is C12H13ClN2S2. The lowest BCUT2D eigenvalue weighted by Crippen LogP contribution is -1.88. The van der Waals surface area contributed by atoms with E-state index >= 15 is 0 Å². The van der Waals surface area contributed by atoms with Crippen LogP contribution in [0.5, 0.6) is 0 Å². The molecule has 17 heavy (non-hydrogen) atoms. The third-order valence-electron chi connectivity index (χ3n) is 2.40. The Hall–Kier alpha value is -0.710. The summed E-state index contributed by atoms with van der Waals surface area (Å²) in [5.41, 5.74) is 7.78. The van der Waals surface area contributed by atoms with E-state index in [1.807, 2.05) is 19.1 Å². The van der Waals surface area contributed by atoms with Crippen LogP contribution < -0.4 is 5.73 Å². The van der Waals surface area contributed by atoms with E-state index in [2.05, 4.69) is 11.9 Å². The average Bonchev–Trinajstić information content (AvgIpc) is 2.60. The van der Waals surface area contributed by atoms with Crippen molar-refractivity contribution in [1.82, 2.24) is 4.98 Å². The lowest BCUT2D eigenvalue weighted by molar-refractivity contribution is 1.16. The number of nitrogens with two attached hydrogens (primary N) is 1. The van der Waals surface area contributed by atoms with Gasteiger partial charge in [-0.1, -0.05) is 11.6 Å². The maximum absolute atomic E-state index is 5.95. The zero-order chi connectivity index (χ0) is 12.4. The molecule has 0 aliphatic carbocycles. The van der Waals surface area contributed by atoms with Crippen molar-refractivity contribution in [2.45, 2.75) is 24.5 Å². The number of hydrogen-bond donors (Lipinski definition) is 1. The highest BCUT2D eigenvalue weighted by Crippen LogP contribution is 2.31. The van der Waals surface area contributed by atoms with E-state index in [0.717, 1.165) is 27.0 Å². The van der Waals surface area contributed by atoms with Crippen molar-refractivity contribution in [2.75, 3.05) is 5.73 Å². The van der Waals surface area contributed by atoms with Crippen molar-refractivity contribution >= 4 is 40.4 Å². The summed E-state index contributed by atoms with van der Waals surface area (Å²) in [4.78, 5) is 6.80. The zero-order valence-corrected chi connectivity index (χ0v) is 12.0. The van der Waals surface area contributed by atoms with Crippen LogP contribution in [0.3, 0.4) is 0 Å². The van der Waals surface area contributed by atoms with Gasteiger partial charge in [0.05, 0.1) is 11.4 Å². The predicted molar refractivity (Wildman–Crippen MR) is 77.0 cm³/mol. The van der Waals surface area contributed by atoms with Gasteiger partial charge in [0.15, 0.2) is 0 Å². The Labute approximate surface area is 114 Å². The average molecular weight is 285 g/mol. The Morgan fingerprint density at radius 3 is 2.82 bits per heavy atom. The van der Waals surface area contributed by atoms with Gasteiger partial charge in [-0.05, 0) is 32.0 Å². The number of aromatic nitrogens is 1. The van der Waals surface area contributed by atoms with Gasteiger partial charge in [0.25, 0.3) is 0 Å². The summed E-state index contributed by atoms with van der Waals surface area (Å²) in [6, 6.07) is 5.54. The second-order valence-corrected chi connectivity index (χ2v) is 6.46. The Kier molecular flexibility index (Phi) is 3.97. The van der Waals surface area contributed by atoms with Crippen molar-refractivity contribution in [3.8, 4) is 0 Å². The van der Waals surface area contributed by atoms with Gasteiger partial charge in [0.1, 0.15) is 5.01 Å². The molecule has 0 spiro atoms. The minimum absolute atomic E-state index is 0.716. The molecule has 90 valence electrons. The van der Waals surface area contributed by atoms with Gasteiger partial charge in [-0.15, -0.1) is 23.1 Å². The molecule has 2 nitrogen and oxygen atoms in total. The van der Waals surface area contributed by atoms with E-state index in [1.54, 1.807) is 29.2 Å². The quantitative estimate of drug-likeness (QED) is 0.675. The van der Waals surface area contributed by atoms with Crippen molar-refractivity contribution in [1.29, 1.82) is 0 Å². The van der Waals surface area contributed by atoms with Crippen molar-refractivity contribution < 1.29 is 0 Å². The van der Waals surface area contributed by atoms with E-state index in [1.165, 1.54) is 4.88 Å². The summed E-state index contributed by atoms with van der Waals surface area (Å²) in [7, 11) is 0. The van der Waals surface area contributed by atoms with Crippen molar-refractivity contribution in [2.24, 2.45) is 0 Å². The lowest BCUT2D eigenvalue weighted by Gasteiger charge is -2.04. The molecule has 1 heterocycles. The minimum Gasteiger partial charge on any atom is -0.398 e. The van der Waals surface area contributed by atoms with Crippen molar-refractivity contribution in [3.63, 3.8) is 0 Å². The molecule has 0 amide bonds. The van der Waals surface area contributed by atoms with Crippen LogP contribution in [-0.2, 0) is 5.75 Å².